The van der Waals surface area contributed by atoms with Gasteiger partial charge in [0.05, 0.1) is 0 Å². The summed E-state index contributed by atoms with van der Waals surface area (Å²) in [6, 6.07) is 3.83. The molecule has 1 rings (SSSR count). The molecule has 0 bridgehead atoms. The summed E-state index contributed by atoms with van der Waals surface area (Å²) in [5.74, 6) is -1.87. The van der Waals surface area contributed by atoms with E-state index in [0.717, 1.165) is 0 Å². The first-order valence-corrected chi connectivity index (χ1v) is 4.84. The van der Waals surface area contributed by atoms with Gasteiger partial charge in [0.25, 0.3) is 0 Å². The van der Waals surface area contributed by atoms with Gasteiger partial charge in [0.1, 0.15) is 11.3 Å². The average Bonchev–Trinajstić information content (AvgIpc) is 2.23. The lowest BCUT2D eigenvalue weighted by Crippen LogP contribution is -2.07. The van der Waals surface area contributed by atoms with Crippen LogP contribution in [0.25, 0.3) is 0 Å². The molecule has 0 aliphatic carbocycles. The summed E-state index contributed by atoms with van der Waals surface area (Å²) in [6.45, 7) is 5.31. The van der Waals surface area contributed by atoms with Crippen LogP contribution in [0.1, 0.15) is 31.1 Å². The SMILES string of the molecule is CC.CC(=O)Nc1ccc(O)c(C(=O)O)c1. The Morgan fingerprint density at radius 2 is 1.81 bits per heavy atom. The quantitative estimate of drug-likeness (QED) is 0.672. The fraction of sp³-hybridized carbons (Fsp3) is 0.273. The molecule has 5 heteroatoms. The molecule has 1 aromatic rings. The van der Waals surface area contributed by atoms with Crippen LogP contribution in [-0.4, -0.2) is 22.1 Å². The number of hydrogen-bond donors (Lipinski definition) is 3. The number of carbonyl (C=O) groups is 2. The molecule has 0 radical (unpaired) electrons. The third-order valence-corrected chi connectivity index (χ3v) is 1.55. The second-order valence-electron chi connectivity index (χ2n) is 2.72. The van der Waals surface area contributed by atoms with Gasteiger partial charge >= 0.3 is 5.97 Å². The number of carboxylic acid groups (broad SMARTS) is 1. The number of carbonyl (C=O) groups excluding carboxylic acids is 1. The van der Waals surface area contributed by atoms with Crippen LogP contribution in [0, 0.1) is 0 Å². The van der Waals surface area contributed by atoms with Crippen molar-refractivity contribution in [3.8, 4) is 5.75 Å². The maximum atomic E-state index is 10.7. The topological polar surface area (TPSA) is 86.6 Å². The zero-order valence-corrected chi connectivity index (χ0v) is 9.44. The summed E-state index contributed by atoms with van der Waals surface area (Å²) in [4.78, 5) is 21.2. The van der Waals surface area contributed by atoms with Crippen molar-refractivity contribution in [3.63, 3.8) is 0 Å². The molecular formula is C11H15NO4. The summed E-state index contributed by atoms with van der Waals surface area (Å²) in [5.41, 5.74) is 0.101. The number of aromatic carboxylic acids is 1. The Labute approximate surface area is 93.7 Å². The molecule has 5 nitrogen and oxygen atoms in total. The second-order valence-corrected chi connectivity index (χ2v) is 2.72. The van der Waals surface area contributed by atoms with E-state index in [1.54, 1.807) is 0 Å². The Kier molecular flexibility index (Phi) is 5.62. The summed E-state index contributed by atoms with van der Waals surface area (Å²) in [5, 5.41) is 20.2. The maximum Gasteiger partial charge on any atom is 0.339 e. The van der Waals surface area contributed by atoms with E-state index >= 15 is 0 Å². The van der Waals surface area contributed by atoms with Crippen molar-refractivity contribution in [2.45, 2.75) is 20.8 Å². The van der Waals surface area contributed by atoms with E-state index in [2.05, 4.69) is 5.32 Å². The zero-order valence-electron chi connectivity index (χ0n) is 9.44. The van der Waals surface area contributed by atoms with Crippen molar-refractivity contribution in [1.29, 1.82) is 0 Å². The van der Waals surface area contributed by atoms with Crippen LogP contribution in [0.3, 0.4) is 0 Å². The van der Waals surface area contributed by atoms with E-state index in [9.17, 15) is 9.59 Å². The van der Waals surface area contributed by atoms with Crippen LogP contribution in [0.15, 0.2) is 18.2 Å². The lowest BCUT2D eigenvalue weighted by Gasteiger charge is -2.04. The lowest BCUT2D eigenvalue weighted by molar-refractivity contribution is -0.114. The summed E-state index contributed by atoms with van der Waals surface area (Å²) < 4.78 is 0. The number of hydrogen-bond acceptors (Lipinski definition) is 3. The van der Waals surface area contributed by atoms with Gasteiger partial charge in [0, 0.05) is 12.6 Å². The van der Waals surface area contributed by atoms with Crippen molar-refractivity contribution in [2.24, 2.45) is 0 Å². The third kappa shape index (κ3) is 4.00. The molecule has 0 saturated heterocycles. The number of phenols is 1. The Hall–Kier alpha value is -2.04. The van der Waals surface area contributed by atoms with Crippen LogP contribution < -0.4 is 5.32 Å². The Morgan fingerprint density at radius 1 is 1.25 bits per heavy atom. The number of nitrogens with one attached hydrogen (secondary N) is 1. The highest BCUT2D eigenvalue weighted by Gasteiger charge is 2.10. The summed E-state index contributed by atoms with van der Waals surface area (Å²) >= 11 is 0. The molecule has 0 atom stereocenters. The number of aromatic hydroxyl groups is 1. The van der Waals surface area contributed by atoms with Gasteiger partial charge < -0.3 is 15.5 Å². The van der Waals surface area contributed by atoms with Crippen LogP contribution >= 0.6 is 0 Å². The van der Waals surface area contributed by atoms with Gasteiger partial charge in [-0.15, -0.1) is 0 Å². The van der Waals surface area contributed by atoms with E-state index in [4.69, 9.17) is 10.2 Å². The standard InChI is InChI=1S/C9H9NO4.C2H6/c1-5(11)10-6-2-3-8(12)7(4-6)9(13)14;1-2/h2-4,12H,1H3,(H,10,11)(H,13,14);1-2H3. The minimum atomic E-state index is -1.24. The van der Waals surface area contributed by atoms with Crippen molar-refractivity contribution in [3.05, 3.63) is 23.8 Å². The third-order valence-electron chi connectivity index (χ3n) is 1.55. The minimum absolute atomic E-state index is 0.240. The molecule has 0 spiro atoms. The van der Waals surface area contributed by atoms with Crippen molar-refractivity contribution in [1.82, 2.24) is 0 Å². The zero-order chi connectivity index (χ0) is 12.7. The normalized spacial score (nSPS) is 8.69. The van der Waals surface area contributed by atoms with Crippen molar-refractivity contribution >= 4 is 17.6 Å². The molecule has 3 N–H and O–H groups in total. The minimum Gasteiger partial charge on any atom is -0.507 e. The highest BCUT2D eigenvalue weighted by atomic mass is 16.4. The Bertz CT molecular complexity index is 388. The number of carboxylic acids is 1. The Morgan fingerprint density at radius 3 is 2.25 bits per heavy atom. The molecule has 0 aromatic heterocycles. The molecule has 16 heavy (non-hydrogen) atoms. The first-order chi connectivity index (χ1) is 7.50. The molecule has 1 amide bonds. The van der Waals surface area contributed by atoms with Gasteiger partial charge in [-0.25, -0.2) is 4.79 Å². The van der Waals surface area contributed by atoms with E-state index in [-0.39, 0.29) is 17.2 Å². The van der Waals surface area contributed by atoms with Crippen LogP contribution in [-0.2, 0) is 4.79 Å². The van der Waals surface area contributed by atoms with Crippen molar-refractivity contribution in [2.75, 3.05) is 5.32 Å². The molecule has 0 fully saturated rings. The van der Waals surface area contributed by atoms with E-state index in [0.29, 0.717) is 5.69 Å². The van der Waals surface area contributed by atoms with E-state index < -0.39 is 5.97 Å². The smallest absolute Gasteiger partial charge is 0.339 e. The summed E-state index contributed by atoms with van der Waals surface area (Å²) in [7, 11) is 0. The van der Waals surface area contributed by atoms with Gasteiger partial charge in [-0.2, -0.15) is 0 Å². The summed E-state index contributed by atoms with van der Waals surface area (Å²) in [6.07, 6.45) is 0. The van der Waals surface area contributed by atoms with Crippen LogP contribution in [0.4, 0.5) is 5.69 Å². The maximum absolute atomic E-state index is 10.7. The number of amides is 1. The number of benzene rings is 1. The molecule has 0 heterocycles. The molecule has 0 aliphatic heterocycles. The van der Waals surface area contributed by atoms with E-state index in [1.807, 2.05) is 13.8 Å². The average molecular weight is 225 g/mol. The Balaban J connectivity index is 0.00000106. The van der Waals surface area contributed by atoms with Gasteiger partial charge in [-0.1, -0.05) is 13.8 Å². The number of anilines is 1. The van der Waals surface area contributed by atoms with Gasteiger partial charge in [0.15, 0.2) is 0 Å². The molecular weight excluding hydrogens is 210 g/mol. The van der Waals surface area contributed by atoms with Crippen LogP contribution in [0.2, 0.25) is 0 Å². The van der Waals surface area contributed by atoms with Gasteiger partial charge in [-0.3, -0.25) is 4.79 Å². The monoisotopic (exact) mass is 225 g/mol. The molecule has 1 aromatic carbocycles. The van der Waals surface area contributed by atoms with Gasteiger partial charge in [-0.05, 0) is 18.2 Å². The lowest BCUT2D eigenvalue weighted by atomic mass is 10.2. The fourth-order valence-corrected chi connectivity index (χ4v) is 0.988. The molecule has 0 unspecified atom stereocenters. The van der Waals surface area contributed by atoms with Crippen molar-refractivity contribution < 1.29 is 19.8 Å². The molecule has 88 valence electrons. The predicted molar refractivity (Wildman–Crippen MR) is 60.7 cm³/mol. The number of rotatable bonds is 2. The molecule has 0 saturated carbocycles. The van der Waals surface area contributed by atoms with Crippen LogP contribution in [0.5, 0.6) is 5.75 Å². The fourth-order valence-electron chi connectivity index (χ4n) is 0.988. The van der Waals surface area contributed by atoms with Gasteiger partial charge in [0.2, 0.25) is 5.91 Å². The highest BCUT2D eigenvalue weighted by Crippen LogP contribution is 2.21. The highest BCUT2D eigenvalue weighted by molar-refractivity contribution is 5.94. The first kappa shape index (κ1) is 14.0. The second kappa shape index (κ2) is 6.44. The van der Waals surface area contributed by atoms with E-state index in [1.165, 1.54) is 25.1 Å². The predicted octanol–water partition coefficient (Wildman–Crippen LogP) is 2.07. The first-order valence-electron chi connectivity index (χ1n) is 4.84. The molecule has 0 aliphatic rings. The largest absolute Gasteiger partial charge is 0.507 e.